The van der Waals surface area contributed by atoms with E-state index in [1.54, 1.807) is 0 Å². The molecule has 0 radical (unpaired) electrons. The van der Waals surface area contributed by atoms with Crippen LogP contribution in [-0.2, 0) is 0 Å². The van der Waals surface area contributed by atoms with Crippen LogP contribution in [0.25, 0.3) is 0 Å². The molecule has 0 aliphatic heterocycles. The van der Waals surface area contributed by atoms with Crippen LogP contribution in [0.1, 0.15) is 23.3 Å². The van der Waals surface area contributed by atoms with E-state index < -0.39 is 12.2 Å². The van der Waals surface area contributed by atoms with Gasteiger partial charge in [0.1, 0.15) is 0 Å². The van der Waals surface area contributed by atoms with Gasteiger partial charge in [-0.1, -0.05) is 60.7 Å². The third kappa shape index (κ3) is 5.50. The Morgan fingerprint density at radius 2 is 0.950 bits per heavy atom. The number of nitrogens with two attached hydrogens (primary N) is 2. The van der Waals surface area contributed by atoms with Crippen molar-refractivity contribution >= 4 is 0 Å². The van der Waals surface area contributed by atoms with Crippen LogP contribution in [0.3, 0.4) is 0 Å². The summed E-state index contributed by atoms with van der Waals surface area (Å²) in [5.74, 6) is 0. The quantitative estimate of drug-likeness (QED) is 0.677. The Balaban J connectivity index is 0.000000200. The summed E-state index contributed by atoms with van der Waals surface area (Å²) in [5.41, 5.74) is 12.3. The van der Waals surface area contributed by atoms with Gasteiger partial charge in [-0.15, -0.1) is 0 Å². The molecule has 0 heterocycles. The fraction of sp³-hybridized carbons (Fsp3) is 0.250. The topological polar surface area (TPSA) is 92.5 Å². The summed E-state index contributed by atoms with van der Waals surface area (Å²) < 4.78 is 0. The zero-order valence-electron chi connectivity index (χ0n) is 11.4. The van der Waals surface area contributed by atoms with E-state index in [4.69, 9.17) is 11.5 Å². The molecular weight excluding hydrogens is 252 g/mol. The van der Waals surface area contributed by atoms with Crippen LogP contribution in [0.4, 0.5) is 0 Å². The summed E-state index contributed by atoms with van der Waals surface area (Å²) in [7, 11) is 0. The molecule has 6 N–H and O–H groups in total. The lowest BCUT2D eigenvalue weighted by molar-refractivity contribution is 0.186. The predicted octanol–water partition coefficient (Wildman–Crippen LogP) is 1.36. The monoisotopic (exact) mass is 274 g/mol. The molecule has 0 spiro atoms. The lowest BCUT2D eigenvalue weighted by Gasteiger charge is -2.05. The number of hydrogen-bond donors (Lipinski definition) is 4. The average molecular weight is 274 g/mol. The van der Waals surface area contributed by atoms with Crippen molar-refractivity contribution in [1.29, 1.82) is 0 Å². The normalized spacial score (nSPS) is 13.0. The van der Waals surface area contributed by atoms with Gasteiger partial charge in [-0.25, -0.2) is 0 Å². The molecule has 4 heteroatoms. The van der Waals surface area contributed by atoms with Crippen LogP contribution in [0.2, 0.25) is 0 Å². The third-order valence-corrected chi connectivity index (χ3v) is 2.82. The summed E-state index contributed by atoms with van der Waals surface area (Å²) in [5, 5.41) is 18.4. The SMILES string of the molecule is NCC(O)c1ccccc1.NCC(O)c1ccccc1. The van der Waals surface area contributed by atoms with Crippen LogP contribution in [0.5, 0.6) is 0 Å². The van der Waals surface area contributed by atoms with Crippen molar-refractivity contribution in [2.75, 3.05) is 13.1 Å². The first-order valence-electron chi connectivity index (χ1n) is 6.55. The van der Waals surface area contributed by atoms with E-state index in [0.717, 1.165) is 11.1 Å². The molecule has 2 rings (SSSR count). The van der Waals surface area contributed by atoms with Crippen molar-refractivity contribution in [3.05, 3.63) is 71.8 Å². The molecule has 108 valence electrons. The molecule has 0 aromatic heterocycles. The van der Waals surface area contributed by atoms with Crippen LogP contribution < -0.4 is 11.5 Å². The minimum Gasteiger partial charge on any atom is -0.387 e. The van der Waals surface area contributed by atoms with E-state index in [-0.39, 0.29) is 13.1 Å². The highest BCUT2D eigenvalue weighted by Crippen LogP contribution is 2.09. The Bertz CT molecular complexity index is 417. The van der Waals surface area contributed by atoms with Crippen LogP contribution >= 0.6 is 0 Å². The smallest absolute Gasteiger partial charge is 0.0912 e. The van der Waals surface area contributed by atoms with Crippen molar-refractivity contribution in [3.8, 4) is 0 Å². The second kappa shape index (κ2) is 9.23. The number of aliphatic hydroxyl groups excluding tert-OH is 2. The Hall–Kier alpha value is -1.72. The Labute approximate surface area is 119 Å². The van der Waals surface area contributed by atoms with Crippen molar-refractivity contribution < 1.29 is 10.2 Å². The maximum atomic E-state index is 9.20. The molecule has 20 heavy (non-hydrogen) atoms. The van der Waals surface area contributed by atoms with Gasteiger partial charge in [-0.05, 0) is 11.1 Å². The summed E-state index contributed by atoms with van der Waals surface area (Å²) >= 11 is 0. The van der Waals surface area contributed by atoms with Crippen LogP contribution in [0.15, 0.2) is 60.7 Å². The molecule has 2 unspecified atom stereocenters. The number of benzene rings is 2. The maximum Gasteiger partial charge on any atom is 0.0912 e. The molecule has 2 atom stereocenters. The highest BCUT2D eigenvalue weighted by Gasteiger charge is 2.01. The molecule has 4 nitrogen and oxygen atoms in total. The van der Waals surface area contributed by atoms with Gasteiger partial charge in [0.25, 0.3) is 0 Å². The van der Waals surface area contributed by atoms with Crippen molar-refractivity contribution in [2.45, 2.75) is 12.2 Å². The zero-order valence-corrected chi connectivity index (χ0v) is 11.4. The second-order valence-corrected chi connectivity index (χ2v) is 4.32. The molecule has 0 aliphatic rings. The molecule has 2 aromatic carbocycles. The largest absolute Gasteiger partial charge is 0.387 e. The first-order chi connectivity index (χ1) is 9.69. The highest BCUT2D eigenvalue weighted by molar-refractivity contribution is 5.17. The van der Waals surface area contributed by atoms with Crippen LogP contribution in [0, 0.1) is 0 Å². The number of aliphatic hydroxyl groups is 2. The lowest BCUT2D eigenvalue weighted by atomic mass is 10.1. The highest BCUT2D eigenvalue weighted by atomic mass is 16.3. The third-order valence-electron chi connectivity index (χ3n) is 2.82. The van der Waals surface area contributed by atoms with Gasteiger partial charge in [0.2, 0.25) is 0 Å². The van der Waals surface area contributed by atoms with Crippen molar-refractivity contribution in [3.63, 3.8) is 0 Å². The minimum absolute atomic E-state index is 0.282. The molecule has 0 bridgehead atoms. The van der Waals surface area contributed by atoms with E-state index in [9.17, 15) is 10.2 Å². The predicted molar refractivity (Wildman–Crippen MR) is 80.9 cm³/mol. The van der Waals surface area contributed by atoms with Gasteiger partial charge in [0.05, 0.1) is 12.2 Å². The standard InChI is InChI=1S/2C8H11NO/c2*9-6-8(10)7-4-2-1-3-5-7/h2*1-5,8,10H,6,9H2. The Morgan fingerprint density at radius 1 is 0.650 bits per heavy atom. The molecule has 2 aromatic rings. The van der Waals surface area contributed by atoms with Crippen molar-refractivity contribution in [2.24, 2.45) is 11.5 Å². The van der Waals surface area contributed by atoms with E-state index in [1.807, 2.05) is 60.7 Å². The van der Waals surface area contributed by atoms with Crippen LogP contribution in [-0.4, -0.2) is 23.3 Å². The fourth-order valence-corrected chi connectivity index (χ4v) is 1.62. The fourth-order valence-electron chi connectivity index (χ4n) is 1.62. The molecular formula is C16H22N2O2. The molecule has 0 saturated heterocycles. The summed E-state index contributed by atoms with van der Waals surface area (Å²) in [6.07, 6.45) is -1.03. The van der Waals surface area contributed by atoms with Crippen molar-refractivity contribution in [1.82, 2.24) is 0 Å². The van der Waals surface area contributed by atoms with Gasteiger partial charge >= 0.3 is 0 Å². The van der Waals surface area contributed by atoms with E-state index in [0.29, 0.717) is 0 Å². The maximum absolute atomic E-state index is 9.20. The molecule has 0 saturated carbocycles. The van der Waals surface area contributed by atoms with E-state index in [2.05, 4.69) is 0 Å². The van der Waals surface area contributed by atoms with Gasteiger partial charge in [0, 0.05) is 13.1 Å². The summed E-state index contributed by atoms with van der Waals surface area (Å²) in [4.78, 5) is 0. The molecule has 0 fully saturated rings. The molecule has 0 amide bonds. The first kappa shape index (κ1) is 16.3. The Morgan fingerprint density at radius 3 is 1.20 bits per heavy atom. The second-order valence-electron chi connectivity index (χ2n) is 4.32. The van der Waals surface area contributed by atoms with Gasteiger partial charge in [0.15, 0.2) is 0 Å². The number of hydrogen-bond acceptors (Lipinski definition) is 4. The van der Waals surface area contributed by atoms with E-state index >= 15 is 0 Å². The van der Waals surface area contributed by atoms with Gasteiger partial charge in [-0.2, -0.15) is 0 Å². The summed E-state index contributed by atoms with van der Waals surface area (Å²) in [6.45, 7) is 0.564. The van der Waals surface area contributed by atoms with E-state index in [1.165, 1.54) is 0 Å². The van der Waals surface area contributed by atoms with Gasteiger partial charge < -0.3 is 21.7 Å². The number of rotatable bonds is 4. The minimum atomic E-state index is -0.513. The first-order valence-corrected chi connectivity index (χ1v) is 6.55. The Kier molecular flexibility index (Phi) is 7.54. The molecule has 0 aliphatic carbocycles. The zero-order chi connectivity index (χ0) is 14.8. The lowest BCUT2D eigenvalue weighted by Crippen LogP contribution is -2.10. The van der Waals surface area contributed by atoms with Gasteiger partial charge in [-0.3, -0.25) is 0 Å². The summed E-state index contributed by atoms with van der Waals surface area (Å²) in [6, 6.07) is 18.8. The average Bonchev–Trinajstić information content (AvgIpc) is 2.55.